The summed E-state index contributed by atoms with van der Waals surface area (Å²) in [6.45, 7) is 4.65. The zero-order valence-corrected chi connectivity index (χ0v) is 11.3. The van der Waals surface area contributed by atoms with Gasteiger partial charge in [0.05, 0.1) is 0 Å². The van der Waals surface area contributed by atoms with Crippen LogP contribution in [0.15, 0.2) is 24.3 Å². The second-order valence-electron chi connectivity index (χ2n) is 5.07. The third-order valence-corrected chi connectivity index (χ3v) is 3.70. The minimum Gasteiger partial charge on any atom is -0.351 e. The van der Waals surface area contributed by atoms with Crippen LogP contribution in [0, 0.1) is 0 Å². The topological polar surface area (TPSA) is 45.7 Å². The van der Waals surface area contributed by atoms with Crippen LogP contribution in [0.5, 0.6) is 0 Å². The van der Waals surface area contributed by atoms with E-state index in [1.807, 2.05) is 13.8 Å². The lowest BCUT2D eigenvalue weighted by molar-refractivity contribution is -0.714. The van der Waals surface area contributed by atoms with Crippen molar-refractivity contribution in [3.8, 4) is 0 Å². The number of carbonyl (C=O) groups excluding carboxylic acids is 1. The Morgan fingerprint density at radius 3 is 3.06 bits per heavy atom. The lowest BCUT2D eigenvalue weighted by Crippen LogP contribution is -2.92. The van der Waals surface area contributed by atoms with Crippen LogP contribution in [0.25, 0.3) is 0 Å². The van der Waals surface area contributed by atoms with E-state index >= 15 is 0 Å². The Hall–Kier alpha value is -1.35. The number of amides is 1. The Kier molecular flexibility index (Phi) is 4.37. The Morgan fingerprint density at radius 2 is 2.28 bits per heavy atom. The molecule has 1 aromatic rings. The Morgan fingerprint density at radius 1 is 1.50 bits per heavy atom. The summed E-state index contributed by atoms with van der Waals surface area (Å²) in [6.07, 6.45) is 3.57. The highest BCUT2D eigenvalue weighted by atomic mass is 16.2. The number of nitrogens with two attached hydrogens (primary N) is 1. The van der Waals surface area contributed by atoms with Crippen LogP contribution in [0.1, 0.15) is 43.9 Å². The fraction of sp³-hybridized carbons (Fsp3) is 0.533. The van der Waals surface area contributed by atoms with Gasteiger partial charge in [-0.1, -0.05) is 24.3 Å². The quantitative estimate of drug-likeness (QED) is 0.824. The van der Waals surface area contributed by atoms with Crippen LogP contribution >= 0.6 is 0 Å². The average Bonchev–Trinajstić information content (AvgIpc) is 2.39. The van der Waals surface area contributed by atoms with Crippen LogP contribution in [0.3, 0.4) is 0 Å². The zero-order chi connectivity index (χ0) is 13.0. The monoisotopic (exact) mass is 247 g/mol. The number of rotatable bonds is 4. The van der Waals surface area contributed by atoms with Gasteiger partial charge in [-0.2, -0.15) is 0 Å². The van der Waals surface area contributed by atoms with E-state index in [2.05, 4.69) is 34.9 Å². The molecule has 18 heavy (non-hydrogen) atoms. The zero-order valence-electron chi connectivity index (χ0n) is 11.3. The van der Waals surface area contributed by atoms with E-state index in [9.17, 15) is 4.79 Å². The predicted molar refractivity (Wildman–Crippen MR) is 72.2 cm³/mol. The molecule has 0 radical (unpaired) electrons. The van der Waals surface area contributed by atoms with Gasteiger partial charge in [-0.3, -0.25) is 4.79 Å². The Labute approximate surface area is 109 Å². The highest BCUT2D eigenvalue weighted by molar-refractivity contribution is 5.79. The molecule has 0 unspecified atom stereocenters. The molecule has 0 heterocycles. The SMILES string of the molecule is CCNC(=O)[C@H](C)[NH2+][C@H]1CCCc2ccccc21. The molecule has 98 valence electrons. The molecular weight excluding hydrogens is 224 g/mol. The Bertz CT molecular complexity index is 417. The van der Waals surface area contributed by atoms with E-state index < -0.39 is 0 Å². The first-order valence-electron chi connectivity index (χ1n) is 6.93. The van der Waals surface area contributed by atoms with Crippen LogP contribution < -0.4 is 10.6 Å². The number of fused-ring (bicyclic) bond motifs is 1. The molecule has 3 N–H and O–H groups in total. The van der Waals surface area contributed by atoms with Crippen molar-refractivity contribution in [1.29, 1.82) is 0 Å². The number of quaternary nitrogens is 1. The standard InChI is InChI=1S/C15H22N2O/c1-3-16-15(18)11(2)17-14-10-6-8-12-7-4-5-9-13(12)14/h4-5,7,9,11,14,17H,3,6,8,10H2,1-2H3,(H,16,18)/p+1/t11-,14-/m0/s1. The number of hydrogen-bond acceptors (Lipinski definition) is 1. The molecule has 3 nitrogen and oxygen atoms in total. The molecule has 3 heteroatoms. The summed E-state index contributed by atoms with van der Waals surface area (Å²) in [5, 5.41) is 5.10. The summed E-state index contributed by atoms with van der Waals surface area (Å²) < 4.78 is 0. The predicted octanol–water partition coefficient (Wildman–Crippen LogP) is 1.15. The second-order valence-corrected chi connectivity index (χ2v) is 5.07. The lowest BCUT2D eigenvalue weighted by Gasteiger charge is -2.25. The summed E-state index contributed by atoms with van der Waals surface area (Å²) in [5.41, 5.74) is 2.87. The van der Waals surface area contributed by atoms with Gasteiger partial charge in [0.25, 0.3) is 5.91 Å². The highest BCUT2D eigenvalue weighted by Crippen LogP contribution is 2.26. The normalized spacial score (nSPS) is 20.0. The minimum atomic E-state index is -0.0129. The number of hydrogen-bond donors (Lipinski definition) is 2. The summed E-state index contributed by atoms with van der Waals surface area (Å²) in [5.74, 6) is 0.139. The maximum absolute atomic E-state index is 11.8. The molecule has 1 amide bonds. The summed E-state index contributed by atoms with van der Waals surface area (Å²) in [4.78, 5) is 11.8. The third kappa shape index (κ3) is 2.91. The molecule has 0 fully saturated rings. The maximum Gasteiger partial charge on any atom is 0.277 e. The smallest absolute Gasteiger partial charge is 0.277 e. The second kappa shape index (κ2) is 6.01. The average molecular weight is 247 g/mol. The van der Waals surface area contributed by atoms with Gasteiger partial charge in [-0.25, -0.2) is 0 Å². The fourth-order valence-corrected chi connectivity index (χ4v) is 2.76. The van der Waals surface area contributed by atoms with Crippen molar-refractivity contribution in [2.75, 3.05) is 6.54 Å². The first kappa shape index (κ1) is 13.1. The van der Waals surface area contributed by atoms with Crippen molar-refractivity contribution in [3.63, 3.8) is 0 Å². The highest BCUT2D eigenvalue weighted by Gasteiger charge is 2.26. The van der Waals surface area contributed by atoms with E-state index in [-0.39, 0.29) is 11.9 Å². The van der Waals surface area contributed by atoms with Crippen molar-refractivity contribution < 1.29 is 10.1 Å². The van der Waals surface area contributed by atoms with Crippen LogP contribution in [0.4, 0.5) is 0 Å². The van der Waals surface area contributed by atoms with E-state index in [0.717, 1.165) is 0 Å². The minimum absolute atomic E-state index is 0.0129. The summed E-state index contributed by atoms with van der Waals surface area (Å²) in [7, 11) is 0. The fourth-order valence-electron chi connectivity index (χ4n) is 2.76. The first-order valence-corrected chi connectivity index (χ1v) is 6.93. The number of nitrogens with one attached hydrogen (secondary N) is 1. The maximum atomic E-state index is 11.8. The molecule has 1 aliphatic rings. The molecule has 0 aliphatic heterocycles. The third-order valence-electron chi connectivity index (χ3n) is 3.70. The number of benzene rings is 1. The number of aryl methyl sites for hydroxylation is 1. The summed E-state index contributed by atoms with van der Waals surface area (Å²) >= 11 is 0. The molecule has 1 aliphatic carbocycles. The molecule has 0 saturated carbocycles. The van der Waals surface area contributed by atoms with Crippen LogP contribution in [-0.2, 0) is 11.2 Å². The van der Waals surface area contributed by atoms with Crippen molar-refractivity contribution in [2.45, 2.75) is 45.2 Å². The lowest BCUT2D eigenvalue weighted by atomic mass is 9.87. The van der Waals surface area contributed by atoms with Gasteiger partial charge in [-0.05, 0) is 32.3 Å². The van der Waals surface area contributed by atoms with E-state index in [1.54, 1.807) is 0 Å². The molecule has 1 aromatic carbocycles. The van der Waals surface area contributed by atoms with Gasteiger partial charge in [0.2, 0.25) is 0 Å². The molecular formula is C15H23N2O+. The van der Waals surface area contributed by atoms with Gasteiger partial charge in [-0.15, -0.1) is 0 Å². The van der Waals surface area contributed by atoms with Gasteiger partial charge in [0.1, 0.15) is 6.04 Å². The molecule has 0 aromatic heterocycles. The van der Waals surface area contributed by atoms with Crippen LogP contribution in [0.2, 0.25) is 0 Å². The van der Waals surface area contributed by atoms with Crippen molar-refractivity contribution >= 4 is 5.91 Å². The van der Waals surface area contributed by atoms with E-state index in [4.69, 9.17) is 0 Å². The van der Waals surface area contributed by atoms with Crippen molar-refractivity contribution in [1.82, 2.24) is 5.32 Å². The molecule has 2 rings (SSSR count). The van der Waals surface area contributed by atoms with E-state index in [0.29, 0.717) is 12.6 Å². The van der Waals surface area contributed by atoms with Crippen molar-refractivity contribution in [3.05, 3.63) is 35.4 Å². The van der Waals surface area contributed by atoms with Gasteiger partial charge < -0.3 is 10.6 Å². The van der Waals surface area contributed by atoms with Gasteiger partial charge in [0.15, 0.2) is 6.04 Å². The summed E-state index contributed by atoms with van der Waals surface area (Å²) in [6, 6.07) is 9.05. The van der Waals surface area contributed by atoms with Gasteiger partial charge in [0, 0.05) is 18.5 Å². The molecule has 0 saturated heterocycles. The van der Waals surface area contributed by atoms with Crippen LogP contribution in [-0.4, -0.2) is 18.5 Å². The van der Waals surface area contributed by atoms with Gasteiger partial charge >= 0.3 is 0 Å². The van der Waals surface area contributed by atoms with E-state index in [1.165, 1.54) is 30.4 Å². The number of carbonyl (C=O) groups is 1. The molecule has 2 atom stereocenters. The largest absolute Gasteiger partial charge is 0.351 e. The first-order chi connectivity index (χ1) is 8.72. The Balaban J connectivity index is 2.05. The van der Waals surface area contributed by atoms with Crippen molar-refractivity contribution in [2.24, 2.45) is 0 Å². The molecule has 0 spiro atoms. The molecule has 0 bridgehead atoms. The number of likely N-dealkylation sites (N-methyl/N-ethyl adjacent to an activating group) is 1.